The quantitative estimate of drug-likeness (QED) is 0.833. The molecule has 0 saturated carbocycles. The molecular formula is C14H19NO4. The van der Waals surface area contributed by atoms with E-state index >= 15 is 0 Å². The van der Waals surface area contributed by atoms with Crippen molar-refractivity contribution < 1.29 is 19.7 Å². The van der Waals surface area contributed by atoms with Crippen LogP contribution in [0.5, 0.6) is 0 Å². The first-order valence-corrected chi connectivity index (χ1v) is 6.45. The maximum absolute atomic E-state index is 11.7. The van der Waals surface area contributed by atoms with E-state index in [-0.39, 0.29) is 25.2 Å². The zero-order chi connectivity index (χ0) is 13.7. The lowest BCUT2D eigenvalue weighted by Crippen LogP contribution is -2.54. The van der Waals surface area contributed by atoms with E-state index in [0.29, 0.717) is 19.5 Å². The van der Waals surface area contributed by atoms with Gasteiger partial charge in [-0.05, 0) is 12.0 Å². The van der Waals surface area contributed by atoms with Gasteiger partial charge < -0.3 is 19.8 Å². The van der Waals surface area contributed by atoms with Crippen LogP contribution in [0.25, 0.3) is 0 Å². The first-order valence-electron chi connectivity index (χ1n) is 6.45. The van der Waals surface area contributed by atoms with Crippen molar-refractivity contribution in [2.45, 2.75) is 19.1 Å². The molecule has 1 aliphatic heterocycles. The number of hydrogen-bond donors (Lipinski definition) is 2. The average molecular weight is 265 g/mol. The van der Waals surface area contributed by atoms with E-state index in [1.165, 1.54) is 0 Å². The van der Waals surface area contributed by atoms with Crippen molar-refractivity contribution in [1.29, 1.82) is 0 Å². The van der Waals surface area contributed by atoms with Crippen molar-refractivity contribution in [2.24, 2.45) is 5.92 Å². The summed E-state index contributed by atoms with van der Waals surface area (Å²) >= 11 is 0. The fourth-order valence-corrected chi connectivity index (χ4v) is 2.08. The molecule has 0 unspecified atom stereocenters. The fourth-order valence-electron chi connectivity index (χ4n) is 2.08. The van der Waals surface area contributed by atoms with Crippen LogP contribution in [-0.4, -0.2) is 47.0 Å². The molecule has 0 radical (unpaired) electrons. The van der Waals surface area contributed by atoms with Crippen LogP contribution < -0.4 is 0 Å². The summed E-state index contributed by atoms with van der Waals surface area (Å²) in [6.07, 6.45) is -0.531. The minimum absolute atomic E-state index is 0.0316. The summed E-state index contributed by atoms with van der Waals surface area (Å²) in [4.78, 5) is 13.3. The van der Waals surface area contributed by atoms with Gasteiger partial charge in [0.25, 0.3) is 0 Å². The number of hydrogen-bond acceptors (Lipinski definition) is 4. The molecule has 0 bridgehead atoms. The lowest BCUT2D eigenvalue weighted by molar-refractivity contribution is -0.0157. The number of carbonyl (C=O) groups excluding carboxylic acids is 1. The summed E-state index contributed by atoms with van der Waals surface area (Å²) in [5.41, 5.74) is 0.952. The van der Waals surface area contributed by atoms with Crippen molar-refractivity contribution in [3.8, 4) is 0 Å². The van der Waals surface area contributed by atoms with Crippen LogP contribution in [0.15, 0.2) is 30.3 Å². The number of amides is 1. The Morgan fingerprint density at radius 1 is 1.37 bits per heavy atom. The van der Waals surface area contributed by atoms with Gasteiger partial charge in [0.15, 0.2) is 0 Å². The molecule has 1 amide bonds. The number of nitrogens with zero attached hydrogens (tertiary/aromatic N) is 1. The molecule has 2 rings (SSSR count). The highest BCUT2D eigenvalue weighted by Crippen LogP contribution is 2.22. The molecule has 0 spiro atoms. The topological polar surface area (TPSA) is 70.0 Å². The van der Waals surface area contributed by atoms with Crippen molar-refractivity contribution in [3.05, 3.63) is 35.9 Å². The molecule has 104 valence electrons. The monoisotopic (exact) mass is 265 g/mol. The summed E-state index contributed by atoms with van der Waals surface area (Å²) < 4.78 is 5.18. The number of aliphatic hydroxyl groups is 2. The van der Waals surface area contributed by atoms with E-state index in [0.717, 1.165) is 5.56 Å². The normalized spacial score (nSPS) is 16.8. The average Bonchev–Trinajstić information content (AvgIpc) is 2.36. The van der Waals surface area contributed by atoms with Crippen LogP contribution in [0.2, 0.25) is 0 Å². The van der Waals surface area contributed by atoms with Crippen molar-refractivity contribution in [3.63, 3.8) is 0 Å². The Balaban J connectivity index is 1.69. The largest absolute Gasteiger partial charge is 0.445 e. The van der Waals surface area contributed by atoms with Gasteiger partial charge in [-0.25, -0.2) is 4.79 Å². The second kappa shape index (κ2) is 6.54. The van der Waals surface area contributed by atoms with Gasteiger partial charge in [0.2, 0.25) is 0 Å². The van der Waals surface area contributed by atoms with Crippen molar-refractivity contribution >= 4 is 6.09 Å². The third-order valence-corrected chi connectivity index (χ3v) is 3.34. The van der Waals surface area contributed by atoms with Gasteiger partial charge in [0.05, 0.1) is 6.10 Å². The third-order valence-electron chi connectivity index (χ3n) is 3.34. The SMILES string of the molecule is O=C(OCc1ccccc1)N1CC([C@@H](O)CCO)C1. The Morgan fingerprint density at radius 3 is 2.68 bits per heavy atom. The molecule has 1 saturated heterocycles. The van der Waals surface area contributed by atoms with E-state index in [1.54, 1.807) is 4.90 Å². The highest BCUT2D eigenvalue weighted by molar-refractivity contribution is 5.68. The smallest absolute Gasteiger partial charge is 0.410 e. The molecule has 5 nitrogen and oxygen atoms in total. The maximum Gasteiger partial charge on any atom is 0.410 e. The predicted octanol–water partition coefficient (Wildman–Crippen LogP) is 0.998. The number of aliphatic hydroxyl groups excluding tert-OH is 2. The highest BCUT2D eigenvalue weighted by atomic mass is 16.6. The van der Waals surface area contributed by atoms with Gasteiger partial charge >= 0.3 is 6.09 Å². The van der Waals surface area contributed by atoms with Crippen LogP contribution in [-0.2, 0) is 11.3 Å². The Morgan fingerprint density at radius 2 is 2.05 bits per heavy atom. The standard InChI is InChI=1S/C14H19NO4/c16-7-6-13(17)12-8-15(9-12)14(18)19-10-11-4-2-1-3-5-11/h1-5,12-13,16-17H,6-10H2/t13-/m0/s1. The first-order chi connectivity index (χ1) is 9.20. The van der Waals surface area contributed by atoms with Gasteiger partial charge in [-0.2, -0.15) is 0 Å². The zero-order valence-electron chi connectivity index (χ0n) is 10.7. The zero-order valence-corrected chi connectivity index (χ0v) is 10.7. The molecule has 0 aromatic heterocycles. The lowest BCUT2D eigenvalue weighted by Gasteiger charge is -2.40. The van der Waals surface area contributed by atoms with E-state index in [4.69, 9.17) is 9.84 Å². The summed E-state index contributed by atoms with van der Waals surface area (Å²) in [5.74, 6) is 0.0522. The van der Waals surface area contributed by atoms with Crippen molar-refractivity contribution in [1.82, 2.24) is 4.90 Å². The molecule has 1 aromatic rings. The summed E-state index contributed by atoms with van der Waals surface area (Å²) in [6, 6.07) is 9.50. The lowest BCUT2D eigenvalue weighted by atomic mass is 9.92. The Hall–Kier alpha value is -1.59. The van der Waals surface area contributed by atoms with E-state index in [2.05, 4.69) is 0 Å². The number of carbonyl (C=O) groups is 1. The minimum atomic E-state index is -0.539. The molecule has 1 heterocycles. The molecule has 1 fully saturated rings. The van der Waals surface area contributed by atoms with E-state index in [9.17, 15) is 9.90 Å². The molecular weight excluding hydrogens is 246 g/mol. The maximum atomic E-state index is 11.7. The van der Waals surface area contributed by atoms with Gasteiger partial charge in [-0.15, -0.1) is 0 Å². The van der Waals surface area contributed by atoms with Crippen LogP contribution in [0.1, 0.15) is 12.0 Å². The molecule has 19 heavy (non-hydrogen) atoms. The predicted molar refractivity (Wildman–Crippen MR) is 69.4 cm³/mol. The molecule has 1 aliphatic rings. The van der Waals surface area contributed by atoms with Gasteiger partial charge in [0, 0.05) is 25.6 Å². The summed E-state index contributed by atoms with van der Waals surface area (Å²) in [5, 5.41) is 18.4. The van der Waals surface area contributed by atoms with Crippen LogP contribution in [0, 0.1) is 5.92 Å². The van der Waals surface area contributed by atoms with Crippen LogP contribution in [0.4, 0.5) is 4.79 Å². The Bertz CT molecular complexity index is 403. The number of benzene rings is 1. The van der Waals surface area contributed by atoms with Gasteiger partial charge in [-0.3, -0.25) is 0 Å². The van der Waals surface area contributed by atoms with Crippen LogP contribution in [0.3, 0.4) is 0 Å². The Labute approximate surface area is 112 Å². The molecule has 1 aromatic carbocycles. The van der Waals surface area contributed by atoms with Gasteiger partial charge in [0.1, 0.15) is 6.61 Å². The van der Waals surface area contributed by atoms with Gasteiger partial charge in [-0.1, -0.05) is 30.3 Å². The molecule has 0 aliphatic carbocycles. The first kappa shape index (κ1) is 13.8. The second-order valence-corrected chi connectivity index (χ2v) is 4.78. The summed E-state index contributed by atoms with van der Waals surface area (Å²) in [6.45, 7) is 1.22. The molecule has 2 N–H and O–H groups in total. The third kappa shape index (κ3) is 3.68. The number of likely N-dealkylation sites (tertiary alicyclic amines) is 1. The Kier molecular flexibility index (Phi) is 4.76. The minimum Gasteiger partial charge on any atom is -0.445 e. The molecule has 1 atom stereocenters. The highest BCUT2D eigenvalue weighted by Gasteiger charge is 2.35. The number of ether oxygens (including phenoxy) is 1. The number of rotatable bonds is 5. The fraction of sp³-hybridized carbons (Fsp3) is 0.500. The van der Waals surface area contributed by atoms with E-state index in [1.807, 2.05) is 30.3 Å². The molecule has 5 heteroatoms. The summed E-state index contributed by atoms with van der Waals surface area (Å²) in [7, 11) is 0. The van der Waals surface area contributed by atoms with E-state index < -0.39 is 6.10 Å². The van der Waals surface area contributed by atoms with Crippen molar-refractivity contribution in [2.75, 3.05) is 19.7 Å². The van der Waals surface area contributed by atoms with Crippen LogP contribution >= 0.6 is 0 Å². The second-order valence-electron chi connectivity index (χ2n) is 4.78.